The van der Waals surface area contributed by atoms with Gasteiger partial charge in [0.25, 0.3) is 5.91 Å². The van der Waals surface area contributed by atoms with Gasteiger partial charge in [0.15, 0.2) is 11.5 Å². The van der Waals surface area contributed by atoms with Gasteiger partial charge in [-0.2, -0.15) is 0 Å². The molecule has 2 N–H and O–H groups in total. The van der Waals surface area contributed by atoms with Crippen molar-refractivity contribution in [2.24, 2.45) is 0 Å². The Kier molecular flexibility index (Phi) is 4.42. The number of carbonyl (C=O) groups excluding carboxylic acids is 2. The summed E-state index contributed by atoms with van der Waals surface area (Å²) in [5.74, 6) is -0.461. The molecule has 0 spiro atoms. The van der Waals surface area contributed by atoms with Crippen molar-refractivity contribution in [3.8, 4) is 5.75 Å². The van der Waals surface area contributed by atoms with E-state index in [2.05, 4.69) is 5.32 Å². The zero-order chi connectivity index (χ0) is 15.4. The second-order valence-electron chi connectivity index (χ2n) is 4.68. The first-order chi connectivity index (χ1) is 10.1. The smallest absolute Gasteiger partial charge is 0.263 e. The molecule has 0 aliphatic carbocycles. The molecule has 0 atom stereocenters. The molecule has 1 aromatic rings. The highest BCUT2D eigenvalue weighted by atomic mass is 16.5. The summed E-state index contributed by atoms with van der Waals surface area (Å²) in [4.78, 5) is 23.6. The van der Waals surface area contributed by atoms with E-state index < -0.39 is 5.91 Å². The summed E-state index contributed by atoms with van der Waals surface area (Å²) in [7, 11) is 1.57. The first-order valence-corrected chi connectivity index (χ1v) is 6.70. The molecule has 0 bridgehead atoms. The molecule has 0 unspecified atom stereocenters. The van der Waals surface area contributed by atoms with Crippen molar-refractivity contribution in [3.05, 3.63) is 46.9 Å². The lowest BCUT2D eigenvalue weighted by atomic mass is 10.1. The third-order valence-corrected chi connectivity index (χ3v) is 3.15. The number of benzene rings is 1. The summed E-state index contributed by atoms with van der Waals surface area (Å²) in [6, 6.07) is 7.12. The predicted molar refractivity (Wildman–Crippen MR) is 78.7 cm³/mol. The molecule has 0 saturated carbocycles. The summed E-state index contributed by atoms with van der Waals surface area (Å²) < 4.78 is 5.06. The van der Waals surface area contributed by atoms with Crippen molar-refractivity contribution in [1.29, 1.82) is 0 Å². The van der Waals surface area contributed by atoms with E-state index in [1.807, 2.05) is 6.92 Å². The van der Waals surface area contributed by atoms with Gasteiger partial charge in [0.05, 0.1) is 12.8 Å². The minimum atomic E-state index is -0.550. The van der Waals surface area contributed by atoms with E-state index in [-0.39, 0.29) is 29.2 Å². The van der Waals surface area contributed by atoms with Gasteiger partial charge < -0.3 is 15.2 Å². The van der Waals surface area contributed by atoms with Crippen molar-refractivity contribution >= 4 is 17.8 Å². The van der Waals surface area contributed by atoms with Crippen LogP contribution < -0.4 is 10.1 Å². The van der Waals surface area contributed by atoms with Crippen LogP contribution in [0.3, 0.4) is 0 Å². The number of Topliss-reactive ketones (excluding diaryl/α,β-unsaturated/α-hetero) is 1. The van der Waals surface area contributed by atoms with Gasteiger partial charge in [-0.25, -0.2) is 0 Å². The molecule has 5 heteroatoms. The van der Waals surface area contributed by atoms with Crippen LogP contribution in [-0.4, -0.2) is 23.9 Å². The van der Waals surface area contributed by atoms with Gasteiger partial charge in [-0.05, 0) is 30.2 Å². The Morgan fingerprint density at radius 2 is 2.00 bits per heavy atom. The minimum Gasteiger partial charge on any atom is -0.505 e. The highest BCUT2D eigenvalue weighted by Gasteiger charge is 2.31. The normalized spacial score (nSPS) is 16.3. The molecule has 0 aromatic heterocycles. The summed E-state index contributed by atoms with van der Waals surface area (Å²) in [5.41, 5.74) is 0.864. The highest BCUT2D eigenvalue weighted by Crippen LogP contribution is 2.23. The molecule has 110 valence electrons. The van der Waals surface area contributed by atoms with Crippen molar-refractivity contribution in [3.63, 3.8) is 0 Å². The third-order valence-electron chi connectivity index (χ3n) is 3.15. The lowest BCUT2D eigenvalue weighted by Crippen LogP contribution is -2.20. The van der Waals surface area contributed by atoms with Crippen LogP contribution in [0.15, 0.2) is 41.3 Å². The first-order valence-electron chi connectivity index (χ1n) is 6.70. The van der Waals surface area contributed by atoms with Crippen LogP contribution >= 0.6 is 0 Å². The Balaban J connectivity index is 2.30. The fraction of sp³-hybridized carbons (Fsp3) is 0.250. The van der Waals surface area contributed by atoms with Crippen LogP contribution in [0.1, 0.15) is 25.3 Å². The zero-order valence-corrected chi connectivity index (χ0v) is 12.0. The van der Waals surface area contributed by atoms with E-state index >= 15 is 0 Å². The molecule has 21 heavy (non-hydrogen) atoms. The standard InChI is InChI=1S/C16H17NO4/c1-3-4-13(18)14-15(19)12(17-16(14)20)9-10-5-7-11(21-2)8-6-10/h5-9,19H,3-4H2,1-2H3,(H,17,20)/b12-9+. The largest absolute Gasteiger partial charge is 0.505 e. The second-order valence-corrected chi connectivity index (χ2v) is 4.68. The van der Waals surface area contributed by atoms with Crippen molar-refractivity contribution in [2.45, 2.75) is 19.8 Å². The Bertz CT molecular complexity index is 626. The molecule has 1 aliphatic heterocycles. The number of rotatable bonds is 5. The van der Waals surface area contributed by atoms with Crippen LogP contribution in [0.4, 0.5) is 0 Å². The number of aliphatic hydroxyl groups excluding tert-OH is 1. The van der Waals surface area contributed by atoms with Gasteiger partial charge in [-0.3, -0.25) is 9.59 Å². The summed E-state index contributed by atoms with van der Waals surface area (Å²) in [6.07, 6.45) is 2.47. The predicted octanol–water partition coefficient (Wildman–Crippen LogP) is 2.35. The average molecular weight is 287 g/mol. The van der Waals surface area contributed by atoms with E-state index in [1.165, 1.54) is 0 Å². The van der Waals surface area contributed by atoms with E-state index in [9.17, 15) is 14.7 Å². The lowest BCUT2D eigenvalue weighted by molar-refractivity contribution is -0.121. The van der Waals surface area contributed by atoms with Crippen LogP contribution in [0.5, 0.6) is 5.75 Å². The van der Waals surface area contributed by atoms with Crippen LogP contribution in [0.25, 0.3) is 6.08 Å². The number of nitrogens with one attached hydrogen (secondary N) is 1. The summed E-state index contributed by atoms with van der Waals surface area (Å²) in [5, 5.41) is 12.6. The maximum atomic E-state index is 11.8. The number of methoxy groups -OCH3 is 1. The molecular formula is C16H17NO4. The number of carbonyl (C=O) groups is 2. The molecule has 5 nitrogen and oxygen atoms in total. The fourth-order valence-electron chi connectivity index (χ4n) is 2.07. The molecule has 1 amide bonds. The third kappa shape index (κ3) is 3.13. The summed E-state index contributed by atoms with van der Waals surface area (Å²) >= 11 is 0. The monoisotopic (exact) mass is 287 g/mol. The molecule has 1 heterocycles. The van der Waals surface area contributed by atoms with E-state index in [1.54, 1.807) is 37.5 Å². The summed E-state index contributed by atoms with van der Waals surface area (Å²) in [6.45, 7) is 1.84. The van der Waals surface area contributed by atoms with Gasteiger partial charge in [0, 0.05) is 6.42 Å². The molecule has 0 radical (unpaired) electrons. The fourth-order valence-corrected chi connectivity index (χ4v) is 2.07. The number of hydrogen-bond donors (Lipinski definition) is 2. The van der Waals surface area contributed by atoms with Crippen LogP contribution in [0, 0.1) is 0 Å². The van der Waals surface area contributed by atoms with E-state index in [4.69, 9.17) is 4.74 Å². The highest BCUT2D eigenvalue weighted by molar-refractivity contribution is 6.22. The maximum Gasteiger partial charge on any atom is 0.263 e. The Morgan fingerprint density at radius 3 is 2.57 bits per heavy atom. The topological polar surface area (TPSA) is 75.6 Å². The number of ether oxygens (including phenoxy) is 1. The average Bonchev–Trinajstić information content (AvgIpc) is 2.74. The molecule has 2 rings (SSSR count). The van der Waals surface area contributed by atoms with Crippen LogP contribution in [0.2, 0.25) is 0 Å². The SMILES string of the molecule is CCCC(=O)C1=C(O)/C(=C\c2ccc(OC)cc2)NC1=O. The molecule has 0 saturated heterocycles. The van der Waals surface area contributed by atoms with Gasteiger partial charge in [-0.15, -0.1) is 0 Å². The first kappa shape index (κ1) is 14.8. The second kappa shape index (κ2) is 6.26. The van der Waals surface area contributed by atoms with Gasteiger partial charge in [0.1, 0.15) is 11.3 Å². The van der Waals surface area contributed by atoms with Gasteiger partial charge in [-0.1, -0.05) is 19.1 Å². The van der Waals surface area contributed by atoms with Gasteiger partial charge in [0.2, 0.25) is 0 Å². The zero-order valence-electron chi connectivity index (χ0n) is 12.0. The van der Waals surface area contributed by atoms with Crippen molar-refractivity contribution in [2.75, 3.05) is 7.11 Å². The molecular weight excluding hydrogens is 270 g/mol. The lowest BCUT2D eigenvalue weighted by Gasteiger charge is -2.01. The number of hydrogen-bond acceptors (Lipinski definition) is 4. The number of ketones is 1. The minimum absolute atomic E-state index is 0.156. The quantitative estimate of drug-likeness (QED) is 0.815. The number of aliphatic hydroxyl groups is 1. The van der Waals surface area contributed by atoms with Gasteiger partial charge >= 0.3 is 0 Å². The maximum absolute atomic E-state index is 11.8. The van der Waals surface area contributed by atoms with E-state index in [0.717, 1.165) is 5.56 Å². The van der Waals surface area contributed by atoms with Crippen molar-refractivity contribution in [1.82, 2.24) is 5.32 Å². The molecule has 1 aliphatic rings. The van der Waals surface area contributed by atoms with Crippen LogP contribution in [-0.2, 0) is 9.59 Å². The van der Waals surface area contributed by atoms with Crippen molar-refractivity contribution < 1.29 is 19.4 Å². The molecule has 0 fully saturated rings. The molecule has 1 aromatic carbocycles. The Labute approximate surface area is 122 Å². The Hall–Kier alpha value is -2.56. The Morgan fingerprint density at radius 1 is 1.33 bits per heavy atom. The van der Waals surface area contributed by atoms with E-state index in [0.29, 0.717) is 12.2 Å². The number of amides is 1.